The van der Waals surface area contributed by atoms with E-state index >= 15 is 0 Å². The number of hydrogen-bond donors (Lipinski definition) is 2. The van der Waals surface area contributed by atoms with E-state index in [9.17, 15) is 9.59 Å². The first-order valence-electron chi connectivity index (χ1n) is 7.48. The molecule has 1 aromatic rings. The minimum absolute atomic E-state index is 0.0502. The zero-order chi connectivity index (χ0) is 15.5. The third-order valence-corrected chi connectivity index (χ3v) is 4.04. The van der Waals surface area contributed by atoms with Crippen molar-refractivity contribution >= 4 is 17.6 Å². The molecule has 22 heavy (non-hydrogen) atoms. The molecule has 3 amide bonds. The molecule has 7 nitrogen and oxygen atoms in total. The van der Waals surface area contributed by atoms with E-state index in [1.165, 1.54) is 0 Å². The molecule has 0 saturated carbocycles. The smallest absolute Gasteiger partial charge is 0.324 e. The van der Waals surface area contributed by atoms with Crippen molar-refractivity contribution in [3.63, 3.8) is 0 Å². The van der Waals surface area contributed by atoms with Gasteiger partial charge in [-0.25, -0.2) is 10.3 Å². The third kappa shape index (κ3) is 2.71. The zero-order valence-corrected chi connectivity index (χ0v) is 12.2. The number of piperidine rings is 1. The number of benzene rings is 1. The Morgan fingerprint density at radius 1 is 1.14 bits per heavy atom. The highest BCUT2D eigenvalue weighted by atomic mass is 16.5. The number of rotatable bonds is 1. The van der Waals surface area contributed by atoms with Crippen LogP contribution in [-0.2, 0) is 0 Å². The van der Waals surface area contributed by atoms with Gasteiger partial charge in [-0.1, -0.05) is 0 Å². The maximum Gasteiger partial charge on any atom is 0.324 e. The van der Waals surface area contributed by atoms with Crippen molar-refractivity contribution in [3.8, 4) is 5.75 Å². The van der Waals surface area contributed by atoms with Gasteiger partial charge in [0.2, 0.25) is 0 Å². The zero-order valence-electron chi connectivity index (χ0n) is 12.2. The van der Waals surface area contributed by atoms with Crippen LogP contribution in [0.25, 0.3) is 0 Å². The molecule has 0 aromatic heterocycles. The molecule has 0 unspecified atom stereocenters. The first-order chi connectivity index (χ1) is 10.7. The molecule has 118 valence electrons. The Balaban J connectivity index is 1.88. The van der Waals surface area contributed by atoms with E-state index in [4.69, 9.17) is 9.94 Å². The highest BCUT2D eigenvalue weighted by Gasteiger charge is 2.29. The van der Waals surface area contributed by atoms with E-state index in [-0.39, 0.29) is 11.6 Å². The molecule has 0 atom stereocenters. The number of ether oxygens (including phenoxy) is 1. The Bertz CT molecular complexity index is 584. The van der Waals surface area contributed by atoms with Crippen LogP contribution < -0.4 is 15.1 Å². The van der Waals surface area contributed by atoms with Gasteiger partial charge in [0.15, 0.2) is 0 Å². The Morgan fingerprint density at radius 3 is 2.64 bits per heavy atom. The van der Waals surface area contributed by atoms with Crippen molar-refractivity contribution in [2.75, 3.05) is 31.1 Å². The van der Waals surface area contributed by atoms with Gasteiger partial charge in [-0.3, -0.25) is 14.9 Å². The van der Waals surface area contributed by atoms with Gasteiger partial charge in [0.1, 0.15) is 12.4 Å². The highest BCUT2D eigenvalue weighted by molar-refractivity contribution is 5.98. The first kappa shape index (κ1) is 14.6. The van der Waals surface area contributed by atoms with E-state index in [0.717, 1.165) is 32.4 Å². The number of nitrogens with one attached hydrogen (secondary N) is 1. The maximum atomic E-state index is 12.7. The number of nitrogens with zero attached hydrogens (tertiary/aromatic N) is 2. The van der Waals surface area contributed by atoms with Crippen LogP contribution in [0.5, 0.6) is 5.75 Å². The Morgan fingerprint density at radius 2 is 1.91 bits per heavy atom. The summed E-state index contributed by atoms with van der Waals surface area (Å²) in [6.45, 7) is 2.41. The monoisotopic (exact) mass is 305 g/mol. The van der Waals surface area contributed by atoms with Crippen LogP contribution in [0.15, 0.2) is 18.2 Å². The van der Waals surface area contributed by atoms with Gasteiger partial charge in [-0.15, -0.1) is 0 Å². The lowest BCUT2D eigenvalue weighted by atomic mass is 10.1. The molecule has 0 spiro atoms. The lowest BCUT2D eigenvalue weighted by Gasteiger charge is -2.35. The van der Waals surface area contributed by atoms with Crippen LogP contribution in [0.2, 0.25) is 0 Å². The fraction of sp³-hybridized carbons (Fsp3) is 0.467. The number of likely N-dealkylation sites (tertiary alicyclic amines) is 1. The van der Waals surface area contributed by atoms with Crippen molar-refractivity contribution in [2.24, 2.45) is 0 Å². The fourth-order valence-electron chi connectivity index (χ4n) is 2.88. The molecule has 3 rings (SSSR count). The average molecular weight is 305 g/mol. The van der Waals surface area contributed by atoms with Gasteiger partial charge in [0.25, 0.3) is 5.91 Å². The predicted molar refractivity (Wildman–Crippen MR) is 79.4 cm³/mol. The number of amides is 3. The number of anilines is 1. The van der Waals surface area contributed by atoms with E-state index in [0.29, 0.717) is 24.6 Å². The van der Waals surface area contributed by atoms with Crippen molar-refractivity contribution in [3.05, 3.63) is 23.8 Å². The van der Waals surface area contributed by atoms with Gasteiger partial charge in [-0.2, -0.15) is 0 Å². The van der Waals surface area contributed by atoms with Crippen molar-refractivity contribution in [2.45, 2.75) is 19.3 Å². The lowest BCUT2D eigenvalue weighted by molar-refractivity contribution is 0.0706. The fourth-order valence-corrected chi connectivity index (χ4v) is 2.88. The number of urea groups is 1. The number of hydroxylamine groups is 1. The quantitative estimate of drug-likeness (QED) is 0.610. The minimum atomic E-state index is -0.612. The van der Waals surface area contributed by atoms with Gasteiger partial charge >= 0.3 is 6.03 Å². The van der Waals surface area contributed by atoms with Crippen LogP contribution in [0.1, 0.15) is 29.6 Å². The summed E-state index contributed by atoms with van der Waals surface area (Å²) in [4.78, 5) is 27.8. The Kier molecular flexibility index (Phi) is 4.15. The average Bonchev–Trinajstić information content (AvgIpc) is 2.60. The van der Waals surface area contributed by atoms with Gasteiger partial charge < -0.3 is 9.64 Å². The molecule has 7 heteroatoms. The van der Waals surface area contributed by atoms with Crippen molar-refractivity contribution in [1.82, 2.24) is 10.4 Å². The lowest BCUT2D eigenvalue weighted by Crippen LogP contribution is -2.48. The largest absolute Gasteiger partial charge is 0.490 e. The van der Waals surface area contributed by atoms with Crippen LogP contribution in [0.4, 0.5) is 10.5 Å². The molecule has 1 fully saturated rings. The summed E-state index contributed by atoms with van der Waals surface area (Å²) in [7, 11) is 0. The number of carbonyl (C=O) groups excluding carboxylic acids is 2. The van der Waals surface area contributed by atoms with Gasteiger partial charge in [0, 0.05) is 18.7 Å². The second-order valence-corrected chi connectivity index (χ2v) is 5.45. The van der Waals surface area contributed by atoms with Crippen LogP contribution >= 0.6 is 0 Å². The third-order valence-electron chi connectivity index (χ3n) is 4.04. The molecule has 2 aliphatic rings. The summed E-state index contributed by atoms with van der Waals surface area (Å²) in [5.74, 6) is -0.0372. The molecule has 1 saturated heterocycles. The number of hydrogen-bond acceptors (Lipinski definition) is 4. The maximum absolute atomic E-state index is 12.7. The summed E-state index contributed by atoms with van der Waals surface area (Å²) < 4.78 is 5.55. The number of carbonyl (C=O) groups is 2. The standard InChI is InChI=1S/C15H19N3O4/c19-14(16-21)11-4-5-13-12(10-11)18(8-9-22-13)15(20)17-6-2-1-3-7-17/h4-5,10,21H,1-3,6-9H2,(H,16,19). The SMILES string of the molecule is O=C(NO)c1ccc2c(c1)N(C(=O)N1CCCCC1)CCO2. The Labute approximate surface area is 128 Å². The van der Waals surface area contributed by atoms with E-state index < -0.39 is 5.91 Å². The molecule has 0 aliphatic carbocycles. The topological polar surface area (TPSA) is 82.1 Å². The van der Waals surface area contributed by atoms with E-state index in [1.54, 1.807) is 28.6 Å². The molecular formula is C15H19N3O4. The second kappa shape index (κ2) is 6.23. The summed E-state index contributed by atoms with van der Waals surface area (Å²) >= 11 is 0. The molecule has 1 aromatic carbocycles. The summed E-state index contributed by atoms with van der Waals surface area (Å²) in [5.41, 5.74) is 2.45. The molecule has 2 heterocycles. The van der Waals surface area contributed by atoms with E-state index in [1.807, 2.05) is 4.90 Å². The van der Waals surface area contributed by atoms with Crippen molar-refractivity contribution < 1.29 is 19.5 Å². The summed E-state index contributed by atoms with van der Waals surface area (Å²) in [6.07, 6.45) is 3.20. The van der Waals surface area contributed by atoms with E-state index in [2.05, 4.69) is 0 Å². The molecule has 2 aliphatic heterocycles. The molecule has 0 bridgehead atoms. The first-order valence-corrected chi connectivity index (χ1v) is 7.48. The van der Waals surface area contributed by atoms with Crippen LogP contribution in [0.3, 0.4) is 0 Å². The minimum Gasteiger partial charge on any atom is -0.490 e. The second-order valence-electron chi connectivity index (χ2n) is 5.45. The highest BCUT2D eigenvalue weighted by Crippen LogP contribution is 2.33. The number of fused-ring (bicyclic) bond motifs is 1. The summed E-state index contributed by atoms with van der Waals surface area (Å²) in [5, 5.41) is 8.75. The molecule has 0 radical (unpaired) electrons. The Hall–Kier alpha value is -2.28. The van der Waals surface area contributed by atoms with Crippen LogP contribution in [-0.4, -0.2) is 48.3 Å². The van der Waals surface area contributed by atoms with Crippen LogP contribution in [0, 0.1) is 0 Å². The van der Waals surface area contributed by atoms with Gasteiger partial charge in [0.05, 0.1) is 12.2 Å². The summed E-state index contributed by atoms with van der Waals surface area (Å²) in [6, 6.07) is 4.72. The van der Waals surface area contributed by atoms with Gasteiger partial charge in [-0.05, 0) is 37.5 Å². The normalized spacial score (nSPS) is 17.5. The predicted octanol–water partition coefficient (Wildman–Crippen LogP) is 1.61. The molecular weight excluding hydrogens is 286 g/mol. The molecule has 2 N–H and O–H groups in total. The van der Waals surface area contributed by atoms with Crippen molar-refractivity contribution in [1.29, 1.82) is 0 Å².